The molecule has 2 aromatic heterocycles. The maximum atomic E-state index is 14.6. The molecule has 1 saturated carbocycles. The van der Waals surface area contributed by atoms with Gasteiger partial charge in [-0.2, -0.15) is 9.97 Å². The summed E-state index contributed by atoms with van der Waals surface area (Å²) in [6.07, 6.45) is 3.57. The molecule has 1 fully saturated rings. The molecule has 2 amide bonds. The third kappa shape index (κ3) is 7.17. The van der Waals surface area contributed by atoms with Crippen molar-refractivity contribution < 1.29 is 28.4 Å². The third-order valence-electron chi connectivity index (χ3n) is 6.82. The first-order chi connectivity index (χ1) is 19.7. The maximum Gasteiger partial charge on any atom is 0.410 e. The van der Waals surface area contributed by atoms with Crippen molar-refractivity contribution in [2.75, 3.05) is 11.9 Å². The summed E-state index contributed by atoms with van der Waals surface area (Å²) in [6, 6.07) is 8.48. The highest BCUT2D eigenvalue weighted by Crippen LogP contribution is 2.28. The van der Waals surface area contributed by atoms with E-state index in [1.807, 2.05) is 39.0 Å². The number of benzene rings is 1. The van der Waals surface area contributed by atoms with Crippen LogP contribution >= 0.6 is 0 Å². The Bertz CT molecular complexity index is 1510. The zero-order chi connectivity index (χ0) is 30.2. The van der Waals surface area contributed by atoms with Crippen LogP contribution in [0.15, 0.2) is 36.5 Å². The van der Waals surface area contributed by atoms with Crippen LogP contribution in [-0.2, 0) is 23.4 Å². The van der Waals surface area contributed by atoms with Crippen molar-refractivity contribution in [2.24, 2.45) is 0 Å². The van der Waals surface area contributed by atoms with Gasteiger partial charge in [0.2, 0.25) is 17.6 Å². The van der Waals surface area contributed by atoms with Crippen LogP contribution in [-0.4, -0.2) is 50.0 Å². The number of halogens is 2. The van der Waals surface area contributed by atoms with Crippen molar-refractivity contribution in [1.82, 2.24) is 25.2 Å². The summed E-state index contributed by atoms with van der Waals surface area (Å²) >= 11 is 0. The predicted molar refractivity (Wildman–Crippen MR) is 152 cm³/mol. The molecule has 2 aliphatic rings. The van der Waals surface area contributed by atoms with Gasteiger partial charge >= 0.3 is 6.09 Å². The minimum Gasteiger partial charge on any atom is -0.444 e. The summed E-state index contributed by atoms with van der Waals surface area (Å²) in [5.41, 5.74) is 0.197. The van der Waals surface area contributed by atoms with Crippen LogP contribution in [0.25, 0.3) is 0 Å². The number of carbonyl (C=O) groups is 2. The zero-order valence-corrected chi connectivity index (χ0v) is 24.4. The van der Waals surface area contributed by atoms with Gasteiger partial charge in [-0.1, -0.05) is 6.07 Å². The van der Waals surface area contributed by atoms with Crippen molar-refractivity contribution in [3.63, 3.8) is 0 Å². The number of hydrogen-bond acceptors (Lipinski definition) is 7. The second kappa shape index (κ2) is 11.2. The quantitative estimate of drug-likeness (QED) is 0.371. The van der Waals surface area contributed by atoms with Gasteiger partial charge in [0.05, 0.1) is 6.20 Å². The number of quaternary nitrogens is 1. The number of nitrogens with two attached hydrogens (primary N) is 1. The SMILES string of the molecule is CC(C)(C)OC(=O)N1CCc2cc(Nc3ncc(C(=O)NC4CC4)c([NH2+]c4ccc(F)c(C(C)(C)F)n4)n3)ccc2C1. The zero-order valence-electron chi connectivity index (χ0n) is 24.4. The van der Waals surface area contributed by atoms with Crippen LogP contribution in [0.5, 0.6) is 0 Å². The number of alkyl halides is 1. The minimum absolute atomic E-state index is 0.118. The molecular weight excluding hydrogens is 544 g/mol. The molecule has 0 atom stereocenters. The third-order valence-corrected chi connectivity index (χ3v) is 6.82. The van der Waals surface area contributed by atoms with E-state index in [1.54, 1.807) is 4.90 Å². The number of ether oxygens (including phenoxy) is 1. The molecule has 5 rings (SSSR count). The highest BCUT2D eigenvalue weighted by Gasteiger charge is 2.30. The lowest BCUT2D eigenvalue weighted by Crippen LogP contribution is -2.73. The Morgan fingerprint density at radius 1 is 1.07 bits per heavy atom. The van der Waals surface area contributed by atoms with E-state index >= 15 is 0 Å². The fraction of sp³-hybridized carbons (Fsp3) is 0.433. The smallest absolute Gasteiger partial charge is 0.410 e. The van der Waals surface area contributed by atoms with Crippen LogP contribution in [0, 0.1) is 5.82 Å². The predicted octanol–water partition coefficient (Wildman–Crippen LogP) is 4.67. The lowest BCUT2D eigenvalue weighted by molar-refractivity contribution is -0.487. The van der Waals surface area contributed by atoms with Crippen molar-refractivity contribution in [3.05, 3.63) is 64.7 Å². The van der Waals surface area contributed by atoms with Crippen LogP contribution < -0.4 is 16.0 Å². The molecule has 0 spiro atoms. The molecule has 12 heteroatoms. The Morgan fingerprint density at radius 2 is 1.83 bits per heavy atom. The number of pyridine rings is 1. The highest BCUT2D eigenvalue weighted by molar-refractivity contribution is 5.97. The largest absolute Gasteiger partial charge is 0.444 e. The molecule has 3 aromatic rings. The summed E-state index contributed by atoms with van der Waals surface area (Å²) in [5, 5.41) is 7.64. The van der Waals surface area contributed by atoms with Crippen molar-refractivity contribution in [1.29, 1.82) is 0 Å². The first-order valence-corrected chi connectivity index (χ1v) is 14.0. The van der Waals surface area contributed by atoms with Gasteiger partial charge in [-0.05, 0) is 83.2 Å². The summed E-state index contributed by atoms with van der Waals surface area (Å²) in [7, 11) is 0. The first kappa shape index (κ1) is 29.3. The van der Waals surface area contributed by atoms with Crippen LogP contribution in [0.1, 0.15) is 74.6 Å². The Kier molecular flexibility index (Phi) is 7.84. The average molecular weight is 581 g/mol. The second-order valence-corrected chi connectivity index (χ2v) is 12.2. The topological polar surface area (TPSA) is 126 Å². The molecule has 0 bridgehead atoms. The molecule has 1 aliphatic carbocycles. The number of hydrogen-bond donors (Lipinski definition) is 3. The van der Waals surface area contributed by atoms with Crippen LogP contribution in [0.3, 0.4) is 0 Å². The van der Waals surface area contributed by atoms with E-state index in [0.717, 1.165) is 35.7 Å². The average Bonchev–Trinajstić information content (AvgIpc) is 3.72. The molecule has 0 saturated heterocycles. The number of fused-ring (bicyclic) bond motifs is 1. The fourth-order valence-electron chi connectivity index (χ4n) is 4.57. The van der Waals surface area contributed by atoms with Gasteiger partial charge < -0.3 is 20.3 Å². The Balaban J connectivity index is 1.37. The van der Waals surface area contributed by atoms with E-state index < -0.39 is 17.1 Å². The molecule has 42 heavy (non-hydrogen) atoms. The fourth-order valence-corrected chi connectivity index (χ4v) is 4.57. The van der Waals surface area contributed by atoms with Gasteiger partial charge in [-0.3, -0.25) is 4.79 Å². The number of carbonyl (C=O) groups excluding carboxylic acids is 2. The molecular formula is C30H36F2N7O3+. The Hall–Kier alpha value is -4.19. The standard InChI is InChI=1S/C30H35F2N7O3/c1-29(2,3)42-28(41)39-13-12-17-14-20(7-6-18(17)16-39)35-27-33-15-21(26(40)34-19-8-9-19)25(38-27)37-23-11-10-22(31)24(36-23)30(4,5)32/h6-7,10-11,14-15,19H,8-9,12-13,16H2,1-5H3,(H,34,40)(H2,33,35,36,37,38)/p+1. The summed E-state index contributed by atoms with van der Waals surface area (Å²) in [6.45, 7) is 8.98. The number of aromatic nitrogens is 3. The van der Waals surface area contributed by atoms with E-state index in [-0.39, 0.29) is 46.9 Å². The number of nitrogens with one attached hydrogen (secondary N) is 2. The van der Waals surface area contributed by atoms with Crippen molar-refractivity contribution in [2.45, 2.75) is 77.7 Å². The second-order valence-electron chi connectivity index (χ2n) is 12.2. The number of anilines is 2. The van der Waals surface area contributed by atoms with Gasteiger partial charge in [0.15, 0.2) is 0 Å². The first-order valence-electron chi connectivity index (χ1n) is 14.0. The van der Waals surface area contributed by atoms with E-state index in [1.165, 1.54) is 31.4 Å². The molecule has 10 nitrogen and oxygen atoms in total. The van der Waals surface area contributed by atoms with Crippen molar-refractivity contribution in [3.8, 4) is 0 Å². The summed E-state index contributed by atoms with van der Waals surface area (Å²) < 4.78 is 34.4. The van der Waals surface area contributed by atoms with Gasteiger partial charge in [-0.15, -0.1) is 0 Å². The normalized spacial score (nSPS) is 15.2. The van der Waals surface area contributed by atoms with Gasteiger partial charge in [0.25, 0.3) is 5.91 Å². The summed E-state index contributed by atoms with van der Waals surface area (Å²) in [5.74, 6) is -0.322. The van der Waals surface area contributed by atoms with Gasteiger partial charge in [0, 0.05) is 30.9 Å². The van der Waals surface area contributed by atoms with Crippen LogP contribution in [0.4, 0.5) is 36.8 Å². The summed E-state index contributed by atoms with van der Waals surface area (Å²) in [4.78, 5) is 40.3. The Morgan fingerprint density at radius 3 is 2.52 bits per heavy atom. The maximum absolute atomic E-state index is 14.6. The van der Waals surface area contributed by atoms with Crippen LogP contribution in [0.2, 0.25) is 0 Å². The Labute approximate surface area is 243 Å². The minimum atomic E-state index is -1.99. The highest BCUT2D eigenvalue weighted by atomic mass is 19.1. The van der Waals surface area contributed by atoms with E-state index in [0.29, 0.717) is 19.5 Å². The van der Waals surface area contributed by atoms with E-state index in [4.69, 9.17) is 4.74 Å². The monoisotopic (exact) mass is 580 g/mol. The molecule has 3 heterocycles. The number of nitrogens with zero attached hydrogens (tertiary/aromatic N) is 4. The van der Waals surface area contributed by atoms with Gasteiger partial charge in [-0.25, -0.2) is 23.9 Å². The lowest BCUT2D eigenvalue weighted by atomic mass is 9.99. The van der Waals surface area contributed by atoms with Gasteiger partial charge in [0.1, 0.15) is 28.3 Å². The van der Waals surface area contributed by atoms with E-state index in [9.17, 15) is 18.4 Å². The molecule has 1 aliphatic heterocycles. The molecule has 1 aromatic carbocycles. The molecule has 0 radical (unpaired) electrons. The molecule has 4 N–H and O–H groups in total. The van der Waals surface area contributed by atoms with Crippen molar-refractivity contribution >= 4 is 35.3 Å². The molecule has 0 unspecified atom stereocenters. The van der Waals surface area contributed by atoms with E-state index in [2.05, 4.69) is 25.6 Å². The number of amides is 2. The number of rotatable bonds is 7. The molecule has 222 valence electrons. The lowest BCUT2D eigenvalue weighted by Gasteiger charge is -2.31.